The lowest BCUT2D eigenvalue weighted by atomic mass is 10.4. The van der Waals surface area contributed by atoms with Crippen LogP contribution in [0.5, 0.6) is 0 Å². The Kier molecular flexibility index (Phi) is 4.44. The molecular formula is C11H21N5O. The van der Waals surface area contributed by atoms with Gasteiger partial charge >= 0.3 is 0 Å². The Labute approximate surface area is 102 Å². The summed E-state index contributed by atoms with van der Waals surface area (Å²) in [6.07, 6.45) is 2.66. The number of tetrazole rings is 1. The molecule has 0 aromatic carbocycles. The number of hydrogen-bond acceptors (Lipinski definition) is 5. The first-order valence-electron chi connectivity index (χ1n) is 6.32. The molecular weight excluding hydrogens is 218 g/mol. The zero-order valence-corrected chi connectivity index (χ0v) is 10.6. The van der Waals surface area contributed by atoms with Crippen LogP contribution in [0, 0.1) is 5.92 Å². The van der Waals surface area contributed by atoms with Crippen molar-refractivity contribution in [1.82, 2.24) is 25.5 Å². The second-order valence-corrected chi connectivity index (χ2v) is 4.87. The minimum atomic E-state index is 0.436. The molecule has 0 atom stereocenters. The zero-order chi connectivity index (χ0) is 12.1. The van der Waals surface area contributed by atoms with Crippen LogP contribution in [-0.4, -0.2) is 39.5 Å². The van der Waals surface area contributed by atoms with Gasteiger partial charge in [-0.1, -0.05) is 13.8 Å². The Morgan fingerprint density at radius 1 is 1.47 bits per heavy atom. The summed E-state index contributed by atoms with van der Waals surface area (Å²) >= 11 is 0. The van der Waals surface area contributed by atoms with Crippen LogP contribution >= 0.6 is 0 Å². The number of nitrogens with one attached hydrogen (secondary N) is 1. The number of nitrogens with zero attached hydrogens (tertiary/aromatic N) is 4. The highest BCUT2D eigenvalue weighted by molar-refractivity contribution is 4.80. The van der Waals surface area contributed by atoms with Gasteiger partial charge in [-0.15, -0.1) is 5.10 Å². The molecule has 1 aromatic heterocycles. The lowest BCUT2D eigenvalue weighted by molar-refractivity contribution is 0.113. The third-order valence-electron chi connectivity index (χ3n) is 2.77. The van der Waals surface area contributed by atoms with Crippen molar-refractivity contribution in [2.45, 2.75) is 45.8 Å². The van der Waals surface area contributed by atoms with Crippen molar-refractivity contribution in [3.05, 3.63) is 5.82 Å². The molecule has 6 nitrogen and oxygen atoms in total. The molecule has 1 fully saturated rings. The number of hydrogen-bond donors (Lipinski definition) is 1. The van der Waals surface area contributed by atoms with Gasteiger partial charge in [0.25, 0.3) is 0 Å². The van der Waals surface area contributed by atoms with Crippen molar-refractivity contribution in [2.75, 3.05) is 13.2 Å². The molecule has 6 heteroatoms. The minimum absolute atomic E-state index is 0.436. The molecule has 17 heavy (non-hydrogen) atoms. The van der Waals surface area contributed by atoms with E-state index in [0.717, 1.165) is 24.9 Å². The van der Waals surface area contributed by atoms with Gasteiger partial charge in [-0.3, -0.25) is 0 Å². The smallest absolute Gasteiger partial charge is 0.165 e. The molecule has 1 aromatic rings. The molecule has 2 rings (SSSR count). The van der Waals surface area contributed by atoms with Crippen LogP contribution in [0.2, 0.25) is 0 Å². The van der Waals surface area contributed by atoms with Gasteiger partial charge in [0, 0.05) is 12.6 Å². The van der Waals surface area contributed by atoms with Gasteiger partial charge in [0.05, 0.1) is 19.7 Å². The van der Waals surface area contributed by atoms with E-state index in [9.17, 15) is 0 Å². The Balaban J connectivity index is 1.69. The average molecular weight is 239 g/mol. The van der Waals surface area contributed by atoms with Gasteiger partial charge in [0.2, 0.25) is 0 Å². The number of ether oxygens (including phenoxy) is 1. The second kappa shape index (κ2) is 6.07. The van der Waals surface area contributed by atoms with Gasteiger partial charge < -0.3 is 10.1 Å². The molecule has 0 aliphatic heterocycles. The third kappa shape index (κ3) is 4.40. The van der Waals surface area contributed by atoms with Crippen molar-refractivity contribution in [3.8, 4) is 0 Å². The third-order valence-corrected chi connectivity index (χ3v) is 2.77. The Morgan fingerprint density at radius 2 is 2.29 bits per heavy atom. The Hall–Kier alpha value is -1.01. The van der Waals surface area contributed by atoms with Crippen LogP contribution < -0.4 is 5.32 Å². The minimum Gasteiger partial charge on any atom is -0.379 e. The quantitative estimate of drug-likeness (QED) is 0.673. The highest BCUT2D eigenvalue weighted by atomic mass is 16.5. The summed E-state index contributed by atoms with van der Waals surface area (Å²) in [5, 5.41) is 15.0. The van der Waals surface area contributed by atoms with Crippen LogP contribution in [-0.2, 0) is 17.8 Å². The van der Waals surface area contributed by atoms with Crippen LogP contribution in [0.3, 0.4) is 0 Å². The van der Waals surface area contributed by atoms with Crippen LogP contribution in [0.4, 0.5) is 0 Å². The average Bonchev–Trinajstić information content (AvgIpc) is 3.01. The first kappa shape index (κ1) is 12.4. The van der Waals surface area contributed by atoms with E-state index in [1.165, 1.54) is 12.8 Å². The van der Waals surface area contributed by atoms with E-state index in [-0.39, 0.29) is 0 Å². The standard InChI is InChI=1S/C11H21N5O/c1-9(2)12-7-11-13-14-15-16(11)5-6-17-8-10-3-4-10/h9-10,12H,3-8H2,1-2H3. The molecule has 0 amide bonds. The van der Waals surface area contributed by atoms with Crippen LogP contribution in [0.15, 0.2) is 0 Å². The molecule has 0 bridgehead atoms. The SMILES string of the molecule is CC(C)NCc1nnnn1CCOCC1CC1. The summed E-state index contributed by atoms with van der Waals surface area (Å²) in [5.41, 5.74) is 0. The summed E-state index contributed by atoms with van der Waals surface area (Å²) in [5.74, 6) is 1.68. The number of rotatable bonds is 8. The van der Waals surface area contributed by atoms with Crippen molar-refractivity contribution in [3.63, 3.8) is 0 Å². The van der Waals surface area contributed by atoms with E-state index < -0.39 is 0 Å². The maximum absolute atomic E-state index is 5.57. The van der Waals surface area contributed by atoms with Gasteiger partial charge in [-0.25, -0.2) is 4.68 Å². The fraction of sp³-hybridized carbons (Fsp3) is 0.909. The topological polar surface area (TPSA) is 64.9 Å². The van der Waals surface area contributed by atoms with E-state index in [1.807, 2.05) is 4.68 Å². The Morgan fingerprint density at radius 3 is 3.00 bits per heavy atom. The van der Waals surface area contributed by atoms with Crippen LogP contribution in [0.25, 0.3) is 0 Å². The molecule has 1 saturated carbocycles. The van der Waals surface area contributed by atoms with Crippen molar-refractivity contribution in [1.29, 1.82) is 0 Å². The predicted molar refractivity (Wildman–Crippen MR) is 63.3 cm³/mol. The summed E-state index contributed by atoms with van der Waals surface area (Å²) < 4.78 is 7.38. The normalized spacial score (nSPS) is 15.7. The van der Waals surface area contributed by atoms with E-state index in [4.69, 9.17) is 4.74 Å². The van der Waals surface area contributed by atoms with E-state index in [0.29, 0.717) is 19.2 Å². The first-order chi connectivity index (χ1) is 8.25. The number of aromatic nitrogens is 4. The molecule has 0 radical (unpaired) electrons. The summed E-state index contributed by atoms with van der Waals surface area (Å²) in [7, 11) is 0. The van der Waals surface area contributed by atoms with Crippen LogP contribution in [0.1, 0.15) is 32.5 Å². The molecule has 1 N–H and O–H groups in total. The lowest BCUT2D eigenvalue weighted by Gasteiger charge is -2.08. The molecule has 1 heterocycles. The highest BCUT2D eigenvalue weighted by Gasteiger charge is 2.21. The molecule has 96 valence electrons. The molecule has 1 aliphatic rings. The summed E-state index contributed by atoms with van der Waals surface area (Å²) in [6.45, 7) is 7.22. The molecule has 0 unspecified atom stereocenters. The van der Waals surface area contributed by atoms with Gasteiger partial charge in [-0.2, -0.15) is 0 Å². The maximum atomic E-state index is 5.57. The maximum Gasteiger partial charge on any atom is 0.165 e. The predicted octanol–water partition coefficient (Wildman–Crippen LogP) is 0.598. The van der Waals surface area contributed by atoms with Crippen molar-refractivity contribution < 1.29 is 4.74 Å². The first-order valence-corrected chi connectivity index (χ1v) is 6.32. The fourth-order valence-electron chi connectivity index (χ4n) is 1.50. The fourth-order valence-corrected chi connectivity index (χ4v) is 1.50. The van der Waals surface area contributed by atoms with Gasteiger partial charge in [0.1, 0.15) is 0 Å². The summed E-state index contributed by atoms with van der Waals surface area (Å²) in [6, 6.07) is 0.436. The van der Waals surface area contributed by atoms with Crippen molar-refractivity contribution >= 4 is 0 Å². The molecule has 1 aliphatic carbocycles. The van der Waals surface area contributed by atoms with E-state index >= 15 is 0 Å². The molecule has 0 spiro atoms. The Bertz CT molecular complexity index is 334. The zero-order valence-electron chi connectivity index (χ0n) is 10.6. The monoisotopic (exact) mass is 239 g/mol. The van der Waals surface area contributed by atoms with Gasteiger partial charge in [-0.05, 0) is 29.2 Å². The van der Waals surface area contributed by atoms with E-state index in [2.05, 4.69) is 34.7 Å². The van der Waals surface area contributed by atoms with E-state index in [1.54, 1.807) is 0 Å². The highest BCUT2D eigenvalue weighted by Crippen LogP contribution is 2.28. The largest absolute Gasteiger partial charge is 0.379 e. The van der Waals surface area contributed by atoms with Crippen molar-refractivity contribution in [2.24, 2.45) is 5.92 Å². The summed E-state index contributed by atoms with van der Waals surface area (Å²) in [4.78, 5) is 0. The second-order valence-electron chi connectivity index (χ2n) is 4.87. The lowest BCUT2D eigenvalue weighted by Crippen LogP contribution is -2.24. The van der Waals surface area contributed by atoms with Gasteiger partial charge in [0.15, 0.2) is 5.82 Å². The molecule has 0 saturated heterocycles.